The standard InChI is InChI=1S/C21H27N3OS/c1-16-4-3-5-19(14-16)23-11-9-22(10-12-23)17(2)21(25)24-8-6-20-18(15-24)7-13-26-20/h3-5,7,13-14,17H,6,8-12,15H2,1-2H3. The van der Waals surface area contributed by atoms with Gasteiger partial charge in [0.05, 0.1) is 6.04 Å². The molecule has 0 spiro atoms. The van der Waals surface area contributed by atoms with Crippen LogP contribution in [-0.4, -0.2) is 54.5 Å². The van der Waals surface area contributed by atoms with Crippen LogP contribution in [0.5, 0.6) is 0 Å². The third-order valence-electron chi connectivity index (χ3n) is 5.71. The lowest BCUT2D eigenvalue weighted by Gasteiger charge is -2.40. The molecule has 4 rings (SSSR count). The number of fused-ring (bicyclic) bond motifs is 1. The maximum atomic E-state index is 13.0. The van der Waals surface area contributed by atoms with E-state index in [0.29, 0.717) is 0 Å². The molecule has 1 atom stereocenters. The van der Waals surface area contributed by atoms with Gasteiger partial charge in [-0.05, 0) is 55.0 Å². The van der Waals surface area contributed by atoms with Crippen LogP contribution in [0.15, 0.2) is 35.7 Å². The van der Waals surface area contributed by atoms with E-state index >= 15 is 0 Å². The quantitative estimate of drug-likeness (QED) is 0.832. The number of anilines is 1. The zero-order valence-electron chi connectivity index (χ0n) is 15.6. The van der Waals surface area contributed by atoms with E-state index in [4.69, 9.17) is 0 Å². The lowest BCUT2D eigenvalue weighted by Crippen LogP contribution is -2.55. The van der Waals surface area contributed by atoms with Crippen LogP contribution in [0.25, 0.3) is 0 Å². The van der Waals surface area contributed by atoms with Gasteiger partial charge >= 0.3 is 0 Å². The molecule has 5 heteroatoms. The summed E-state index contributed by atoms with van der Waals surface area (Å²) < 4.78 is 0. The molecule has 2 aromatic rings. The van der Waals surface area contributed by atoms with Crippen molar-refractivity contribution in [3.8, 4) is 0 Å². The number of benzene rings is 1. The molecule has 0 radical (unpaired) electrons. The lowest BCUT2D eigenvalue weighted by atomic mass is 10.1. The normalized spacial score (nSPS) is 19.3. The molecule has 1 amide bonds. The molecule has 2 aliphatic rings. The van der Waals surface area contributed by atoms with Gasteiger partial charge in [-0.15, -0.1) is 11.3 Å². The van der Waals surface area contributed by atoms with E-state index in [9.17, 15) is 4.79 Å². The first-order valence-electron chi connectivity index (χ1n) is 9.51. The molecule has 1 fully saturated rings. The fourth-order valence-corrected chi connectivity index (χ4v) is 4.94. The number of carbonyl (C=O) groups excluding carboxylic acids is 1. The van der Waals surface area contributed by atoms with Crippen molar-refractivity contribution >= 4 is 22.9 Å². The molecule has 1 aromatic heterocycles. The molecule has 1 saturated heterocycles. The largest absolute Gasteiger partial charge is 0.369 e. The summed E-state index contributed by atoms with van der Waals surface area (Å²) in [4.78, 5) is 21.3. The van der Waals surface area contributed by atoms with Crippen LogP contribution in [0.3, 0.4) is 0 Å². The Morgan fingerprint density at radius 2 is 1.92 bits per heavy atom. The zero-order chi connectivity index (χ0) is 18.1. The van der Waals surface area contributed by atoms with Crippen LogP contribution in [0.1, 0.15) is 22.9 Å². The van der Waals surface area contributed by atoms with E-state index in [-0.39, 0.29) is 11.9 Å². The predicted octanol–water partition coefficient (Wildman–Crippen LogP) is 3.15. The second-order valence-corrected chi connectivity index (χ2v) is 8.42. The van der Waals surface area contributed by atoms with Crippen LogP contribution in [0, 0.1) is 6.92 Å². The van der Waals surface area contributed by atoms with Gasteiger partial charge in [0.1, 0.15) is 0 Å². The summed E-state index contributed by atoms with van der Waals surface area (Å²) in [6.07, 6.45) is 1.01. The second kappa shape index (κ2) is 7.41. The Morgan fingerprint density at radius 3 is 2.69 bits per heavy atom. The summed E-state index contributed by atoms with van der Waals surface area (Å²) in [7, 11) is 0. The van der Waals surface area contributed by atoms with Gasteiger partial charge in [0, 0.05) is 49.8 Å². The van der Waals surface area contributed by atoms with Crippen molar-refractivity contribution in [1.29, 1.82) is 0 Å². The fourth-order valence-electron chi connectivity index (χ4n) is 4.05. The highest BCUT2D eigenvalue weighted by Crippen LogP contribution is 2.25. The number of piperazine rings is 1. The number of thiophene rings is 1. The molecule has 1 unspecified atom stereocenters. The Kier molecular flexibility index (Phi) is 5.00. The van der Waals surface area contributed by atoms with E-state index in [0.717, 1.165) is 45.7 Å². The van der Waals surface area contributed by atoms with Crippen LogP contribution in [0.2, 0.25) is 0 Å². The van der Waals surface area contributed by atoms with E-state index in [1.165, 1.54) is 21.7 Å². The fraction of sp³-hybridized carbons (Fsp3) is 0.476. The number of amides is 1. The number of aryl methyl sites for hydroxylation is 1. The molecule has 0 N–H and O–H groups in total. The summed E-state index contributed by atoms with van der Waals surface area (Å²) in [6.45, 7) is 9.71. The summed E-state index contributed by atoms with van der Waals surface area (Å²) >= 11 is 1.82. The van der Waals surface area contributed by atoms with Crippen LogP contribution < -0.4 is 4.90 Å². The topological polar surface area (TPSA) is 26.8 Å². The maximum Gasteiger partial charge on any atom is 0.239 e. The number of rotatable bonds is 3. The van der Waals surface area contributed by atoms with E-state index in [2.05, 4.69) is 59.4 Å². The molecule has 0 aliphatic carbocycles. The minimum atomic E-state index is -0.0326. The minimum Gasteiger partial charge on any atom is -0.369 e. The molecule has 4 nitrogen and oxygen atoms in total. The first kappa shape index (κ1) is 17.6. The average Bonchev–Trinajstić information content (AvgIpc) is 3.15. The smallest absolute Gasteiger partial charge is 0.239 e. The SMILES string of the molecule is Cc1cccc(N2CCN(C(C)C(=O)N3CCc4sccc4C3)CC2)c1. The van der Waals surface area contributed by atoms with Gasteiger partial charge in [-0.3, -0.25) is 9.69 Å². The van der Waals surface area contributed by atoms with Gasteiger partial charge < -0.3 is 9.80 Å². The Balaban J connectivity index is 1.35. The molecular weight excluding hydrogens is 342 g/mol. The van der Waals surface area contributed by atoms with Crippen molar-refractivity contribution in [2.45, 2.75) is 32.9 Å². The lowest BCUT2D eigenvalue weighted by molar-refractivity contribution is -0.137. The van der Waals surface area contributed by atoms with Crippen LogP contribution in [0.4, 0.5) is 5.69 Å². The average molecular weight is 370 g/mol. The van der Waals surface area contributed by atoms with Crippen LogP contribution >= 0.6 is 11.3 Å². The van der Waals surface area contributed by atoms with Gasteiger partial charge in [-0.25, -0.2) is 0 Å². The second-order valence-electron chi connectivity index (χ2n) is 7.42. The number of hydrogen-bond acceptors (Lipinski definition) is 4. The van der Waals surface area contributed by atoms with E-state index in [1.807, 2.05) is 16.2 Å². The summed E-state index contributed by atoms with van der Waals surface area (Å²) in [5, 5.41) is 2.15. The molecule has 2 aliphatic heterocycles. The molecule has 138 valence electrons. The van der Waals surface area contributed by atoms with Gasteiger partial charge in [-0.1, -0.05) is 12.1 Å². The Hall–Kier alpha value is -1.85. The summed E-state index contributed by atoms with van der Waals surface area (Å²) in [5.41, 5.74) is 3.93. The van der Waals surface area contributed by atoms with E-state index in [1.54, 1.807) is 0 Å². The first-order chi connectivity index (χ1) is 12.6. The molecule has 3 heterocycles. The monoisotopic (exact) mass is 369 g/mol. The van der Waals surface area contributed by atoms with Crippen molar-refractivity contribution in [3.63, 3.8) is 0 Å². The van der Waals surface area contributed by atoms with Gasteiger partial charge in [-0.2, -0.15) is 0 Å². The number of carbonyl (C=O) groups is 1. The number of hydrogen-bond donors (Lipinski definition) is 0. The molecule has 0 bridgehead atoms. The van der Waals surface area contributed by atoms with Crippen molar-refractivity contribution in [1.82, 2.24) is 9.80 Å². The van der Waals surface area contributed by atoms with Crippen LogP contribution in [-0.2, 0) is 17.8 Å². The van der Waals surface area contributed by atoms with Crippen molar-refractivity contribution in [3.05, 3.63) is 51.7 Å². The highest BCUT2D eigenvalue weighted by atomic mass is 32.1. The van der Waals surface area contributed by atoms with Gasteiger partial charge in [0.2, 0.25) is 5.91 Å². The van der Waals surface area contributed by atoms with Crippen molar-refractivity contribution in [2.24, 2.45) is 0 Å². The van der Waals surface area contributed by atoms with Gasteiger partial charge in [0.25, 0.3) is 0 Å². The summed E-state index contributed by atoms with van der Waals surface area (Å²) in [5.74, 6) is 0.283. The Labute approximate surface area is 160 Å². The number of nitrogens with zero attached hydrogens (tertiary/aromatic N) is 3. The third-order valence-corrected chi connectivity index (χ3v) is 6.73. The summed E-state index contributed by atoms with van der Waals surface area (Å²) in [6, 6.07) is 10.8. The molecule has 0 saturated carbocycles. The maximum absolute atomic E-state index is 13.0. The Morgan fingerprint density at radius 1 is 1.12 bits per heavy atom. The van der Waals surface area contributed by atoms with Crippen molar-refractivity contribution < 1.29 is 4.79 Å². The molecule has 26 heavy (non-hydrogen) atoms. The highest BCUT2D eigenvalue weighted by molar-refractivity contribution is 7.10. The molecular formula is C21H27N3OS. The predicted molar refractivity (Wildman–Crippen MR) is 108 cm³/mol. The molecule has 1 aromatic carbocycles. The third kappa shape index (κ3) is 3.51. The zero-order valence-corrected chi connectivity index (χ0v) is 16.5. The van der Waals surface area contributed by atoms with Gasteiger partial charge in [0.15, 0.2) is 0 Å². The first-order valence-corrected chi connectivity index (χ1v) is 10.4. The van der Waals surface area contributed by atoms with Crippen molar-refractivity contribution in [2.75, 3.05) is 37.6 Å². The highest BCUT2D eigenvalue weighted by Gasteiger charge is 2.30. The Bertz CT molecular complexity index is 779. The minimum absolute atomic E-state index is 0.0326. The van der Waals surface area contributed by atoms with E-state index < -0.39 is 0 Å².